The van der Waals surface area contributed by atoms with Crippen LogP contribution in [0.2, 0.25) is 0 Å². The largest absolute Gasteiger partial charge is 0.379 e. The Kier molecular flexibility index (Phi) is 3.86. The quantitative estimate of drug-likeness (QED) is 0.688. The number of urea groups is 1. The average Bonchev–Trinajstić information content (AvgIpc) is 2.95. The van der Waals surface area contributed by atoms with Crippen molar-refractivity contribution in [2.45, 2.75) is 6.54 Å². The molecule has 0 spiro atoms. The number of fused-ring (bicyclic) bond motifs is 1. The standard InChI is InChI=1S/C15H16N6O/c1-16-15(22)19-13-10-21-14(18-13)8-7-12(20-21)9-17-11-5-3-2-4-6-11/h2-8,10,17H,9H2,1H3,(H2,16,19,22). The highest BCUT2D eigenvalue weighted by molar-refractivity contribution is 5.88. The zero-order chi connectivity index (χ0) is 15.4. The molecule has 0 aliphatic rings. The summed E-state index contributed by atoms with van der Waals surface area (Å²) in [6, 6.07) is 13.4. The first-order chi connectivity index (χ1) is 10.7. The molecular weight excluding hydrogens is 280 g/mol. The molecule has 0 saturated carbocycles. The molecule has 3 rings (SSSR count). The van der Waals surface area contributed by atoms with Crippen LogP contribution in [-0.2, 0) is 6.54 Å². The van der Waals surface area contributed by atoms with Gasteiger partial charge in [-0.25, -0.2) is 14.3 Å². The van der Waals surface area contributed by atoms with Crippen LogP contribution < -0.4 is 16.0 Å². The van der Waals surface area contributed by atoms with Crippen LogP contribution in [0, 0.1) is 0 Å². The number of nitrogens with one attached hydrogen (secondary N) is 3. The maximum atomic E-state index is 11.3. The third kappa shape index (κ3) is 3.14. The van der Waals surface area contributed by atoms with Gasteiger partial charge >= 0.3 is 6.03 Å². The highest BCUT2D eigenvalue weighted by atomic mass is 16.2. The Hall–Kier alpha value is -3.09. The lowest BCUT2D eigenvalue weighted by Gasteiger charge is -2.05. The molecule has 3 aromatic rings. The number of amides is 2. The molecule has 0 saturated heterocycles. The molecule has 0 atom stereocenters. The van der Waals surface area contributed by atoms with E-state index >= 15 is 0 Å². The van der Waals surface area contributed by atoms with Crippen LogP contribution >= 0.6 is 0 Å². The molecule has 1 aromatic carbocycles. The highest BCUT2D eigenvalue weighted by Crippen LogP contribution is 2.11. The van der Waals surface area contributed by atoms with E-state index in [1.165, 1.54) is 0 Å². The molecule has 0 unspecified atom stereocenters. The molecule has 0 aliphatic carbocycles. The number of nitrogens with zero attached hydrogens (tertiary/aromatic N) is 3. The Balaban J connectivity index is 1.73. The van der Waals surface area contributed by atoms with E-state index in [9.17, 15) is 4.79 Å². The Bertz CT molecular complexity index is 783. The fourth-order valence-electron chi connectivity index (χ4n) is 2.00. The molecule has 0 radical (unpaired) electrons. The predicted octanol–water partition coefficient (Wildman–Crippen LogP) is 2.09. The van der Waals surface area contributed by atoms with Crippen molar-refractivity contribution in [1.82, 2.24) is 19.9 Å². The third-order valence-electron chi connectivity index (χ3n) is 3.09. The number of imidazole rings is 1. The summed E-state index contributed by atoms with van der Waals surface area (Å²) < 4.78 is 1.65. The average molecular weight is 296 g/mol. The van der Waals surface area contributed by atoms with Crippen LogP contribution in [0.5, 0.6) is 0 Å². The summed E-state index contributed by atoms with van der Waals surface area (Å²) in [4.78, 5) is 15.6. The van der Waals surface area contributed by atoms with Gasteiger partial charge in [0.15, 0.2) is 11.5 Å². The maximum Gasteiger partial charge on any atom is 0.320 e. The number of aromatic nitrogens is 3. The van der Waals surface area contributed by atoms with Crippen LogP contribution in [0.3, 0.4) is 0 Å². The first-order valence-corrected chi connectivity index (χ1v) is 6.87. The molecule has 7 nitrogen and oxygen atoms in total. The number of hydrogen-bond acceptors (Lipinski definition) is 4. The van der Waals surface area contributed by atoms with Crippen molar-refractivity contribution in [1.29, 1.82) is 0 Å². The summed E-state index contributed by atoms with van der Waals surface area (Å²) in [5.74, 6) is 0.458. The van der Waals surface area contributed by atoms with E-state index in [2.05, 4.69) is 26.0 Å². The minimum Gasteiger partial charge on any atom is -0.379 e. The Morgan fingerprint density at radius 2 is 2.00 bits per heavy atom. The van der Waals surface area contributed by atoms with E-state index in [4.69, 9.17) is 0 Å². The van der Waals surface area contributed by atoms with Crippen molar-refractivity contribution in [3.63, 3.8) is 0 Å². The van der Waals surface area contributed by atoms with Gasteiger partial charge in [0.1, 0.15) is 0 Å². The fraction of sp³-hybridized carbons (Fsp3) is 0.133. The minimum absolute atomic E-state index is 0.311. The van der Waals surface area contributed by atoms with Gasteiger partial charge < -0.3 is 10.6 Å². The monoisotopic (exact) mass is 296 g/mol. The van der Waals surface area contributed by atoms with Gasteiger partial charge in [-0.1, -0.05) is 18.2 Å². The van der Waals surface area contributed by atoms with Gasteiger partial charge in [0, 0.05) is 12.7 Å². The van der Waals surface area contributed by atoms with Gasteiger partial charge in [-0.3, -0.25) is 5.32 Å². The van der Waals surface area contributed by atoms with Crippen LogP contribution in [0.15, 0.2) is 48.7 Å². The number of hydrogen-bond donors (Lipinski definition) is 3. The number of benzene rings is 1. The van der Waals surface area contributed by atoms with Crippen molar-refractivity contribution in [2.75, 3.05) is 17.7 Å². The van der Waals surface area contributed by atoms with E-state index in [0.717, 1.165) is 11.4 Å². The van der Waals surface area contributed by atoms with E-state index in [0.29, 0.717) is 18.0 Å². The zero-order valence-corrected chi connectivity index (χ0v) is 12.1. The SMILES string of the molecule is CNC(=O)Nc1cn2nc(CNc3ccccc3)ccc2n1. The number of carbonyl (C=O) groups is 1. The van der Waals surface area contributed by atoms with Crippen LogP contribution in [0.25, 0.3) is 5.65 Å². The van der Waals surface area contributed by atoms with E-state index < -0.39 is 0 Å². The molecule has 7 heteroatoms. The summed E-state index contributed by atoms with van der Waals surface area (Å²) in [7, 11) is 1.55. The normalized spacial score (nSPS) is 10.4. The summed E-state index contributed by atoms with van der Waals surface area (Å²) in [6.45, 7) is 0.607. The smallest absolute Gasteiger partial charge is 0.320 e. The van der Waals surface area contributed by atoms with Crippen molar-refractivity contribution in [3.8, 4) is 0 Å². The summed E-state index contributed by atoms with van der Waals surface area (Å²) in [5.41, 5.74) is 2.59. The lowest BCUT2D eigenvalue weighted by atomic mass is 10.3. The van der Waals surface area contributed by atoms with Crippen LogP contribution in [-0.4, -0.2) is 27.7 Å². The summed E-state index contributed by atoms with van der Waals surface area (Å²) in [6.07, 6.45) is 1.68. The van der Waals surface area contributed by atoms with Crippen LogP contribution in [0.4, 0.5) is 16.3 Å². The molecule has 0 aliphatic heterocycles. The third-order valence-corrected chi connectivity index (χ3v) is 3.09. The minimum atomic E-state index is -0.311. The molecule has 0 bridgehead atoms. The van der Waals surface area contributed by atoms with Crippen LogP contribution in [0.1, 0.15) is 5.69 Å². The zero-order valence-electron chi connectivity index (χ0n) is 12.1. The van der Waals surface area contributed by atoms with Crippen molar-refractivity contribution in [3.05, 3.63) is 54.4 Å². The molecule has 2 heterocycles. The van der Waals surface area contributed by atoms with Crippen molar-refractivity contribution >= 4 is 23.2 Å². The molecule has 3 N–H and O–H groups in total. The number of para-hydroxylation sites is 1. The molecule has 2 amide bonds. The fourth-order valence-corrected chi connectivity index (χ4v) is 2.00. The second-order valence-electron chi connectivity index (χ2n) is 4.68. The van der Waals surface area contributed by atoms with Crippen molar-refractivity contribution < 1.29 is 4.79 Å². The number of rotatable bonds is 4. The van der Waals surface area contributed by atoms with E-state index in [1.807, 2.05) is 42.5 Å². The molecule has 112 valence electrons. The van der Waals surface area contributed by atoms with E-state index in [-0.39, 0.29) is 6.03 Å². The van der Waals surface area contributed by atoms with Gasteiger partial charge in [0.05, 0.1) is 18.4 Å². The molecule has 2 aromatic heterocycles. The number of carbonyl (C=O) groups excluding carboxylic acids is 1. The lowest BCUT2D eigenvalue weighted by molar-refractivity contribution is 0.254. The van der Waals surface area contributed by atoms with Gasteiger partial charge in [0.2, 0.25) is 0 Å². The van der Waals surface area contributed by atoms with E-state index in [1.54, 1.807) is 17.8 Å². The van der Waals surface area contributed by atoms with Gasteiger partial charge in [-0.05, 0) is 24.3 Å². The Morgan fingerprint density at radius 1 is 1.18 bits per heavy atom. The van der Waals surface area contributed by atoms with Gasteiger partial charge in [-0.2, -0.15) is 5.10 Å². The summed E-state index contributed by atoms with van der Waals surface area (Å²) >= 11 is 0. The highest BCUT2D eigenvalue weighted by Gasteiger charge is 2.06. The summed E-state index contributed by atoms with van der Waals surface area (Å²) in [5, 5.41) is 12.9. The lowest BCUT2D eigenvalue weighted by Crippen LogP contribution is -2.24. The Labute approximate surface area is 127 Å². The molecule has 22 heavy (non-hydrogen) atoms. The first-order valence-electron chi connectivity index (χ1n) is 6.87. The molecular formula is C15H16N6O. The van der Waals surface area contributed by atoms with Gasteiger partial charge in [0.25, 0.3) is 0 Å². The Morgan fingerprint density at radius 3 is 2.77 bits per heavy atom. The topological polar surface area (TPSA) is 83.4 Å². The molecule has 0 fully saturated rings. The first kappa shape index (κ1) is 13.9. The van der Waals surface area contributed by atoms with Gasteiger partial charge in [-0.15, -0.1) is 0 Å². The second-order valence-corrected chi connectivity index (χ2v) is 4.68. The van der Waals surface area contributed by atoms with Crippen molar-refractivity contribution in [2.24, 2.45) is 0 Å². The number of anilines is 2. The second kappa shape index (κ2) is 6.13. The predicted molar refractivity (Wildman–Crippen MR) is 84.8 cm³/mol. The maximum absolute atomic E-state index is 11.3.